The van der Waals surface area contributed by atoms with E-state index in [1.165, 1.54) is 24.5 Å². The molecule has 0 atom stereocenters. The molecule has 0 bridgehead atoms. The van der Waals surface area contributed by atoms with Gasteiger partial charge < -0.3 is 0 Å². The smallest absolute Gasteiger partial charge is 0.269 e. The molecule has 9 heteroatoms. The van der Waals surface area contributed by atoms with Crippen LogP contribution in [0.2, 0.25) is 10.2 Å². The summed E-state index contributed by atoms with van der Waals surface area (Å²) >= 11 is 11.6. The number of benzene rings is 1. The number of anilines is 1. The molecule has 20 heavy (non-hydrogen) atoms. The van der Waals surface area contributed by atoms with Gasteiger partial charge in [0.05, 0.1) is 23.0 Å². The second kappa shape index (κ2) is 6.27. The molecular weight excluding hydrogens is 305 g/mol. The fraction of sp³-hybridized carbons (Fsp3) is 0. The number of hydrogen-bond acceptors (Lipinski definition) is 6. The average Bonchev–Trinajstić information content (AvgIpc) is 2.44. The van der Waals surface area contributed by atoms with Crippen molar-refractivity contribution in [3.05, 3.63) is 56.3 Å². The Morgan fingerprint density at radius 3 is 2.65 bits per heavy atom. The number of nitrogens with one attached hydrogen (secondary N) is 1. The highest BCUT2D eigenvalue weighted by atomic mass is 35.5. The van der Waals surface area contributed by atoms with Gasteiger partial charge in [0, 0.05) is 12.1 Å². The van der Waals surface area contributed by atoms with E-state index in [9.17, 15) is 10.1 Å². The highest BCUT2D eigenvalue weighted by Gasteiger charge is 2.05. The number of hydrazone groups is 1. The first-order valence-corrected chi connectivity index (χ1v) is 6.03. The number of aromatic nitrogens is 2. The molecule has 1 N–H and O–H groups in total. The molecule has 0 radical (unpaired) electrons. The Hall–Kier alpha value is -2.25. The second-order valence-corrected chi connectivity index (χ2v) is 4.32. The first-order chi connectivity index (χ1) is 9.58. The van der Waals surface area contributed by atoms with Gasteiger partial charge in [0.15, 0.2) is 5.15 Å². The molecule has 0 saturated carbocycles. The van der Waals surface area contributed by atoms with E-state index >= 15 is 0 Å². The van der Waals surface area contributed by atoms with Crippen LogP contribution in [0.1, 0.15) is 5.56 Å². The fourth-order valence-electron chi connectivity index (χ4n) is 1.29. The maximum atomic E-state index is 10.5. The third kappa shape index (κ3) is 3.40. The minimum absolute atomic E-state index is 0.0169. The highest BCUT2D eigenvalue weighted by Crippen LogP contribution is 2.26. The van der Waals surface area contributed by atoms with E-state index in [0.717, 1.165) is 0 Å². The summed E-state index contributed by atoms with van der Waals surface area (Å²) in [6.45, 7) is 0. The summed E-state index contributed by atoms with van der Waals surface area (Å²) in [5.74, 6) is 0. The van der Waals surface area contributed by atoms with Gasteiger partial charge in [0.1, 0.15) is 5.02 Å². The number of nitro groups is 1. The van der Waals surface area contributed by atoms with Gasteiger partial charge in [-0.1, -0.05) is 23.2 Å². The molecule has 1 aromatic heterocycles. The Morgan fingerprint density at radius 1 is 1.30 bits per heavy atom. The molecule has 2 aromatic rings. The van der Waals surface area contributed by atoms with Crippen LogP contribution in [0.25, 0.3) is 0 Å². The van der Waals surface area contributed by atoms with Crippen molar-refractivity contribution in [3.63, 3.8) is 0 Å². The summed E-state index contributed by atoms with van der Waals surface area (Å²) in [7, 11) is 0. The molecule has 102 valence electrons. The molecule has 1 heterocycles. The zero-order valence-electron chi connectivity index (χ0n) is 9.83. The number of nitro benzene ring substituents is 1. The van der Waals surface area contributed by atoms with Crippen molar-refractivity contribution in [3.8, 4) is 0 Å². The normalized spacial score (nSPS) is 10.7. The van der Waals surface area contributed by atoms with E-state index in [1.54, 1.807) is 12.1 Å². The third-order valence-corrected chi connectivity index (χ3v) is 3.00. The lowest BCUT2D eigenvalue weighted by molar-refractivity contribution is -0.384. The number of hydrogen-bond donors (Lipinski definition) is 1. The first-order valence-electron chi connectivity index (χ1n) is 5.28. The zero-order chi connectivity index (χ0) is 14.5. The van der Waals surface area contributed by atoms with E-state index in [0.29, 0.717) is 11.3 Å². The summed E-state index contributed by atoms with van der Waals surface area (Å²) in [6.07, 6.45) is 2.86. The minimum Gasteiger partial charge on any atom is -0.275 e. The molecule has 0 amide bonds. The van der Waals surface area contributed by atoms with Crippen molar-refractivity contribution in [2.24, 2.45) is 5.10 Å². The lowest BCUT2D eigenvalue weighted by Gasteiger charge is -2.02. The summed E-state index contributed by atoms with van der Waals surface area (Å²) in [4.78, 5) is 10.0. The molecule has 0 aliphatic carbocycles. The second-order valence-electron chi connectivity index (χ2n) is 3.58. The van der Waals surface area contributed by atoms with Crippen LogP contribution in [-0.2, 0) is 0 Å². The van der Waals surface area contributed by atoms with Crippen LogP contribution in [0.4, 0.5) is 11.4 Å². The van der Waals surface area contributed by atoms with Gasteiger partial charge >= 0.3 is 0 Å². The average molecular weight is 312 g/mol. The van der Waals surface area contributed by atoms with Gasteiger partial charge in [0.2, 0.25) is 0 Å². The van der Waals surface area contributed by atoms with Crippen molar-refractivity contribution in [2.75, 3.05) is 5.43 Å². The Kier molecular flexibility index (Phi) is 4.44. The number of non-ortho nitro benzene ring substituents is 1. The molecule has 7 nitrogen and oxygen atoms in total. The molecule has 2 rings (SSSR count). The summed E-state index contributed by atoms with van der Waals surface area (Å²) < 4.78 is 0. The van der Waals surface area contributed by atoms with Gasteiger partial charge in [-0.2, -0.15) is 10.2 Å². The maximum absolute atomic E-state index is 10.5. The third-order valence-electron chi connectivity index (χ3n) is 2.25. The number of rotatable bonds is 4. The lowest BCUT2D eigenvalue weighted by atomic mass is 10.2. The number of nitrogens with zero attached hydrogens (tertiary/aromatic N) is 4. The Bertz CT molecular complexity index is 660. The summed E-state index contributed by atoms with van der Waals surface area (Å²) in [5, 5.41) is 21.9. The van der Waals surface area contributed by atoms with Crippen LogP contribution in [0.15, 0.2) is 35.6 Å². The molecular formula is C11H7Cl2N5O2. The van der Waals surface area contributed by atoms with Crippen LogP contribution < -0.4 is 5.43 Å². The predicted octanol–water partition coefficient (Wildman–Crippen LogP) is 3.14. The van der Waals surface area contributed by atoms with Crippen molar-refractivity contribution < 1.29 is 4.92 Å². The fourth-order valence-corrected chi connectivity index (χ4v) is 1.56. The van der Waals surface area contributed by atoms with Crippen LogP contribution in [0.5, 0.6) is 0 Å². The Labute approximate surface area is 123 Å². The van der Waals surface area contributed by atoms with Gasteiger partial charge in [-0.15, -0.1) is 5.10 Å². The van der Waals surface area contributed by atoms with Crippen molar-refractivity contribution in [2.45, 2.75) is 0 Å². The van der Waals surface area contributed by atoms with E-state index in [4.69, 9.17) is 23.2 Å². The molecule has 0 spiro atoms. The van der Waals surface area contributed by atoms with Gasteiger partial charge in [0.25, 0.3) is 5.69 Å². The highest BCUT2D eigenvalue weighted by molar-refractivity contribution is 6.42. The predicted molar refractivity (Wildman–Crippen MR) is 76.4 cm³/mol. The van der Waals surface area contributed by atoms with Crippen LogP contribution in [-0.4, -0.2) is 21.3 Å². The van der Waals surface area contributed by atoms with Gasteiger partial charge in [-0.05, 0) is 17.7 Å². The molecule has 0 fully saturated rings. The van der Waals surface area contributed by atoms with Crippen LogP contribution in [0, 0.1) is 10.1 Å². The molecule has 0 aliphatic heterocycles. The molecule has 0 saturated heterocycles. The lowest BCUT2D eigenvalue weighted by Crippen LogP contribution is -1.95. The van der Waals surface area contributed by atoms with E-state index in [1.807, 2.05) is 0 Å². The van der Waals surface area contributed by atoms with E-state index < -0.39 is 4.92 Å². The quantitative estimate of drug-likeness (QED) is 0.532. The Morgan fingerprint density at radius 2 is 2.00 bits per heavy atom. The zero-order valence-corrected chi connectivity index (χ0v) is 11.3. The van der Waals surface area contributed by atoms with Gasteiger partial charge in [-0.3, -0.25) is 15.5 Å². The standard InChI is InChI=1S/C11H7Cl2N5O2/c12-10-9(6-15-17-11(10)13)16-14-5-7-1-3-8(4-2-7)18(19)20/h1-6H,(H,16,17)/b14-5+. The first kappa shape index (κ1) is 14.2. The van der Waals surface area contributed by atoms with Crippen molar-refractivity contribution >= 4 is 40.8 Å². The van der Waals surface area contributed by atoms with E-state index in [-0.39, 0.29) is 15.9 Å². The van der Waals surface area contributed by atoms with Crippen LogP contribution >= 0.6 is 23.2 Å². The molecule has 0 unspecified atom stereocenters. The Balaban J connectivity index is 2.06. The SMILES string of the molecule is O=[N+]([O-])c1ccc(/C=N/Nc2cnnc(Cl)c2Cl)cc1. The summed E-state index contributed by atoms with van der Waals surface area (Å²) in [5.41, 5.74) is 3.77. The van der Waals surface area contributed by atoms with E-state index in [2.05, 4.69) is 20.7 Å². The maximum Gasteiger partial charge on any atom is 0.269 e. The van der Waals surface area contributed by atoms with Crippen molar-refractivity contribution in [1.82, 2.24) is 10.2 Å². The molecule has 0 aliphatic rings. The van der Waals surface area contributed by atoms with Crippen molar-refractivity contribution in [1.29, 1.82) is 0 Å². The number of halogens is 2. The molecule has 1 aromatic carbocycles. The van der Waals surface area contributed by atoms with Gasteiger partial charge in [-0.25, -0.2) is 0 Å². The monoisotopic (exact) mass is 311 g/mol. The summed E-state index contributed by atoms with van der Waals surface area (Å²) in [6, 6.07) is 5.92. The largest absolute Gasteiger partial charge is 0.275 e. The topological polar surface area (TPSA) is 93.3 Å². The van der Waals surface area contributed by atoms with Crippen LogP contribution in [0.3, 0.4) is 0 Å². The minimum atomic E-state index is -0.469.